The fourth-order valence-corrected chi connectivity index (χ4v) is 2.06. The highest BCUT2D eigenvalue weighted by molar-refractivity contribution is 5.82. The van der Waals surface area contributed by atoms with Crippen LogP contribution in [-0.4, -0.2) is 25.2 Å². The van der Waals surface area contributed by atoms with Crippen molar-refractivity contribution in [1.82, 2.24) is 5.32 Å². The van der Waals surface area contributed by atoms with E-state index in [9.17, 15) is 4.79 Å². The highest BCUT2D eigenvalue weighted by atomic mass is 16.5. The van der Waals surface area contributed by atoms with Gasteiger partial charge in [0.2, 0.25) is 0 Å². The minimum Gasteiger partial charge on any atom is -0.491 e. The van der Waals surface area contributed by atoms with Gasteiger partial charge in [-0.05, 0) is 51.9 Å². The number of nitrogens with one attached hydrogen (secondary N) is 1. The first-order chi connectivity index (χ1) is 9.43. The van der Waals surface area contributed by atoms with Gasteiger partial charge >= 0.3 is 5.97 Å². The number of carbonyl (C=O) groups is 1. The molecule has 1 aromatic rings. The van der Waals surface area contributed by atoms with Crippen LogP contribution in [0.5, 0.6) is 5.75 Å². The van der Waals surface area contributed by atoms with Gasteiger partial charge in [-0.2, -0.15) is 0 Å². The maximum Gasteiger partial charge on any atom is 0.330 e. The molecule has 0 aliphatic heterocycles. The van der Waals surface area contributed by atoms with Crippen LogP contribution in [0.25, 0.3) is 0 Å². The average Bonchev–Trinajstić information content (AvgIpc) is 2.39. The number of benzene rings is 1. The van der Waals surface area contributed by atoms with Gasteiger partial charge < -0.3 is 9.47 Å². The standard InChI is InChI=1S/C16H25NO3/c1-6-17-16(5,15(18)19-7-2)13-8-10-14(11-9-13)20-12(3)4/h8-12,17H,6-7H2,1-5H3. The van der Waals surface area contributed by atoms with E-state index in [1.54, 1.807) is 0 Å². The van der Waals surface area contributed by atoms with E-state index >= 15 is 0 Å². The lowest BCUT2D eigenvalue weighted by Crippen LogP contribution is -2.47. The predicted molar refractivity (Wildman–Crippen MR) is 79.9 cm³/mol. The monoisotopic (exact) mass is 279 g/mol. The molecule has 0 saturated carbocycles. The lowest BCUT2D eigenvalue weighted by molar-refractivity contribution is -0.151. The van der Waals surface area contributed by atoms with E-state index in [2.05, 4.69) is 5.32 Å². The molecule has 0 heterocycles. The van der Waals surface area contributed by atoms with E-state index in [-0.39, 0.29) is 12.1 Å². The molecule has 0 saturated heterocycles. The number of esters is 1. The second-order valence-corrected chi connectivity index (χ2v) is 5.07. The van der Waals surface area contributed by atoms with E-state index in [0.29, 0.717) is 13.2 Å². The van der Waals surface area contributed by atoms with Gasteiger partial charge in [0.15, 0.2) is 0 Å². The Hall–Kier alpha value is -1.55. The summed E-state index contributed by atoms with van der Waals surface area (Å²) < 4.78 is 10.8. The quantitative estimate of drug-likeness (QED) is 0.780. The zero-order chi connectivity index (χ0) is 15.2. The predicted octanol–water partition coefficient (Wildman–Crippen LogP) is 2.86. The number of hydrogen-bond acceptors (Lipinski definition) is 4. The molecule has 0 spiro atoms. The molecule has 1 aromatic carbocycles. The third kappa shape index (κ3) is 3.97. The highest BCUT2D eigenvalue weighted by Gasteiger charge is 2.35. The SMILES string of the molecule is CCNC(C)(C(=O)OCC)c1ccc(OC(C)C)cc1. The van der Waals surface area contributed by atoms with Crippen LogP contribution in [0.3, 0.4) is 0 Å². The summed E-state index contributed by atoms with van der Waals surface area (Å²) >= 11 is 0. The smallest absolute Gasteiger partial charge is 0.330 e. The normalized spacial score (nSPS) is 13.9. The Labute approximate surface area is 121 Å². The van der Waals surface area contributed by atoms with E-state index in [0.717, 1.165) is 11.3 Å². The maximum absolute atomic E-state index is 12.2. The molecule has 1 atom stereocenters. The fourth-order valence-electron chi connectivity index (χ4n) is 2.06. The Balaban J connectivity index is 3.00. The lowest BCUT2D eigenvalue weighted by Gasteiger charge is -2.28. The van der Waals surface area contributed by atoms with Crippen LogP contribution in [0.4, 0.5) is 0 Å². The van der Waals surface area contributed by atoms with Gasteiger partial charge in [-0.15, -0.1) is 0 Å². The number of hydrogen-bond donors (Lipinski definition) is 1. The number of rotatable bonds is 7. The van der Waals surface area contributed by atoms with Gasteiger partial charge in [0.25, 0.3) is 0 Å². The van der Waals surface area contributed by atoms with E-state index in [1.165, 1.54) is 0 Å². The summed E-state index contributed by atoms with van der Waals surface area (Å²) in [5.74, 6) is 0.533. The molecule has 0 amide bonds. The van der Waals surface area contributed by atoms with E-state index in [4.69, 9.17) is 9.47 Å². The molecule has 1 unspecified atom stereocenters. The molecular weight excluding hydrogens is 254 g/mol. The summed E-state index contributed by atoms with van der Waals surface area (Å²) in [4.78, 5) is 12.2. The van der Waals surface area contributed by atoms with Crippen molar-refractivity contribution in [3.8, 4) is 5.75 Å². The molecule has 20 heavy (non-hydrogen) atoms. The molecule has 0 aliphatic carbocycles. The molecule has 4 heteroatoms. The van der Waals surface area contributed by atoms with Crippen LogP contribution in [-0.2, 0) is 15.1 Å². The van der Waals surface area contributed by atoms with Gasteiger partial charge in [0.05, 0.1) is 12.7 Å². The molecular formula is C16H25NO3. The fraction of sp³-hybridized carbons (Fsp3) is 0.562. The molecule has 1 N–H and O–H groups in total. The van der Waals surface area contributed by atoms with Crippen molar-refractivity contribution in [1.29, 1.82) is 0 Å². The van der Waals surface area contributed by atoms with Crippen LogP contribution in [0.2, 0.25) is 0 Å². The van der Waals surface area contributed by atoms with Gasteiger partial charge in [0.1, 0.15) is 11.3 Å². The largest absolute Gasteiger partial charge is 0.491 e. The minimum absolute atomic E-state index is 0.131. The van der Waals surface area contributed by atoms with Crippen molar-refractivity contribution in [2.45, 2.75) is 46.3 Å². The third-order valence-electron chi connectivity index (χ3n) is 3.02. The lowest BCUT2D eigenvalue weighted by atomic mass is 9.92. The summed E-state index contributed by atoms with van der Waals surface area (Å²) in [6, 6.07) is 7.56. The second-order valence-electron chi connectivity index (χ2n) is 5.07. The summed E-state index contributed by atoms with van der Waals surface area (Å²) in [5.41, 5.74) is 0.0371. The topological polar surface area (TPSA) is 47.6 Å². The summed E-state index contributed by atoms with van der Waals surface area (Å²) in [7, 11) is 0. The molecule has 0 bridgehead atoms. The van der Waals surface area contributed by atoms with Crippen LogP contribution in [0.1, 0.15) is 40.2 Å². The van der Waals surface area contributed by atoms with Crippen LogP contribution in [0, 0.1) is 0 Å². The third-order valence-corrected chi connectivity index (χ3v) is 3.02. The first-order valence-corrected chi connectivity index (χ1v) is 7.13. The van der Waals surface area contributed by atoms with E-state index in [1.807, 2.05) is 58.9 Å². The van der Waals surface area contributed by atoms with Crippen LogP contribution in [0.15, 0.2) is 24.3 Å². The van der Waals surface area contributed by atoms with Crippen LogP contribution >= 0.6 is 0 Å². The second kappa shape index (κ2) is 7.29. The number of carbonyl (C=O) groups excluding carboxylic acids is 1. The van der Waals surface area contributed by atoms with Crippen molar-refractivity contribution in [3.63, 3.8) is 0 Å². The molecule has 1 rings (SSSR count). The molecule has 4 nitrogen and oxygen atoms in total. The number of ether oxygens (including phenoxy) is 2. The molecule has 0 fully saturated rings. The zero-order valence-corrected chi connectivity index (χ0v) is 13.0. The Morgan fingerprint density at radius 1 is 1.25 bits per heavy atom. The molecule has 0 radical (unpaired) electrons. The summed E-state index contributed by atoms with van der Waals surface area (Å²) in [6.45, 7) is 10.6. The number of likely N-dealkylation sites (N-methyl/N-ethyl adjacent to an activating group) is 1. The molecule has 0 aliphatic rings. The Bertz CT molecular complexity index is 428. The summed E-state index contributed by atoms with van der Waals surface area (Å²) in [5, 5.41) is 3.20. The zero-order valence-electron chi connectivity index (χ0n) is 13.0. The minimum atomic E-state index is -0.832. The van der Waals surface area contributed by atoms with Crippen molar-refractivity contribution < 1.29 is 14.3 Å². The van der Waals surface area contributed by atoms with Crippen molar-refractivity contribution >= 4 is 5.97 Å². The highest BCUT2D eigenvalue weighted by Crippen LogP contribution is 2.25. The Kier molecular flexibility index (Phi) is 6.02. The van der Waals surface area contributed by atoms with Gasteiger partial charge in [-0.25, -0.2) is 4.79 Å². The molecule has 0 aromatic heterocycles. The van der Waals surface area contributed by atoms with Crippen molar-refractivity contribution in [2.24, 2.45) is 0 Å². The first-order valence-electron chi connectivity index (χ1n) is 7.13. The van der Waals surface area contributed by atoms with Gasteiger partial charge in [-0.3, -0.25) is 5.32 Å². The Morgan fingerprint density at radius 2 is 1.85 bits per heavy atom. The first kappa shape index (κ1) is 16.5. The van der Waals surface area contributed by atoms with E-state index < -0.39 is 5.54 Å². The van der Waals surface area contributed by atoms with Gasteiger partial charge in [0, 0.05) is 0 Å². The van der Waals surface area contributed by atoms with Crippen LogP contribution < -0.4 is 10.1 Å². The average molecular weight is 279 g/mol. The van der Waals surface area contributed by atoms with Gasteiger partial charge in [-0.1, -0.05) is 19.1 Å². The molecule has 112 valence electrons. The summed E-state index contributed by atoms with van der Waals surface area (Å²) in [6.07, 6.45) is 0.131. The van der Waals surface area contributed by atoms with Crippen molar-refractivity contribution in [2.75, 3.05) is 13.2 Å². The maximum atomic E-state index is 12.2. The Morgan fingerprint density at radius 3 is 2.30 bits per heavy atom. The van der Waals surface area contributed by atoms with Crippen molar-refractivity contribution in [3.05, 3.63) is 29.8 Å².